The second-order valence-electron chi connectivity index (χ2n) is 6.23. The van der Waals surface area contributed by atoms with Crippen molar-refractivity contribution in [2.75, 3.05) is 13.1 Å². The molecule has 6 heteroatoms. The number of carboxylic acid groups (broad SMARTS) is 1. The van der Waals surface area contributed by atoms with E-state index >= 15 is 0 Å². The molecule has 1 aliphatic rings. The first-order valence-electron chi connectivity index (χ1n) is 6.73. The summed E-state index contributed by atoms with van der Waals surface area (Å²) in [7, 11) is 0. The number of likely N-dealkylation sites (tertiary alicyclic amines) is 1. The van der Waals surface area contributed by atoms with Crippen molar-refractivity contribution in [2.45, 2.75) is 39.0 Å². The van der Waals surface area contributed by atoms with Crippen molar-refractivity contribution < 1.29 is 14.7 Å². The molecule has 0 saturated carbocycles. The normalized spacial score (nSPS) is 19.4. The minimum Gasteiger partial charge on any atom is -0.481 e. The first-order valence-corrected chi connectivity index (χ1v) is 7.61. The number of hydrogen-bond acceptors (Lipinski definition) is 4. The van der Waals surface area contributed by atoms with Gasteiger partial charge in [0.2, 0.25) is 5.91 Å². The molecule has 0 bridgehead atoms. The number of aromatic nitrogens is 1. The molecule has 1 fully saturated rings. The Kier molecular flexibility index (Phi) is 4.13. The largest absolute Gasteiger partial charge is 0.481 e. The molecule has 2 rings (SSSR count). The maximum atomic E-state index is 12.1. The molecule has 1 amide bonds. The fourth-order valence-corrected chi connectivity index (χ4v) is 3.09. The summed E-state index contributed by atoms with van der Waals surface area (Å²) in [4.78, 5) is 29.2. The van der Waals surface area contributed by atoms with E-state index in [9.17, 15) is 9.59 Å². The van der Waals surface area contributed by atoms with Gasteiger partial charge in [-0.25, -0.2) is 4.98 Å². The van der Waals surface area contributed by atoms with Crippen LogP contribution >= 0.6 is 11.3 Å². The highest BCUT2D eigenvalue weighted by Crippen LogP contribution is 2.26. The molecule has 1 N–H and O–H groups in total. The molecule has 1 aromatic rings. The van der Waals surface area contributed by atoms with Crippen LogP contribution in [0.1, 0.15) is 37.9 Å². The molecule has 0 aliphatic carbocycles. The van der Waals surface area contributed by atoms with Gasteiger partial charge in [-0.3, -0.25) is 9.59 Å². The van der Waals surface area contributed by atoms with Gasteiger partial charge in [0.15, 0.2) is 0 Å². The zero-order valence-electron chi connectivity index (χ0n) is 12.0. The van der Waals surface area contributed by atoms with Crippen LogP contribution in [-0.2, 0) is 21.4 Å². The number of carboxylic acids is 1. The number of aliphatic carboxylic acids is 1. The predicted octanol–water partition coefficient (Wildman–Crippen LogP) is 1.92. The van der Waals surface area contributed by atoms with Gasteiger partial charge in [0.05, 0.1) is 23.0 Å². The van der Waals surface area contributed by atoms with Crippen molar-refractivity contribution in [1.29, 1.82) is 0 Å². The Morgan fingerprint density at radius 3 is 2.70 bits per heavy atom. The van der Waals surface area contributed by atoms with Crippen molar-refractivity contribution in [3.8, 4) is 0 Å². The lowest BCUT2D eigenvalue weighted by Gasteiger charge is -2.15. The third-order valence-electron chi connectivity index (χ3n) is 3.42. The summed E-state index contributed by atoms with van der Waals surface area (Å²) in [5.41, 5.74) is 0.775. The van der Waals surface area contributed by atoms with Crippen LogP contribution in [0.3, 0.4) is 0 Å². The minimum absolute atomic E-state index is 0.00594. The maximum Gasteiger partial charge on any atom is 0.308 e. The van der Waals surface area contributed by atoms with E-state index in [0.29, 0.717) is 19.5 Å². The predicted molar refractivity (Wildman–Crippen MR) is 76.8 cm³/mol. The third-order valence-corrected chi connectivity index (χ3v) is 4.73. The Hall–Kier alpha value is -1.43. The van der Waals surface area contributed by atoms with Gasteiger partial charge in [-0.1, -0.05) is 20.8 Å². The Bertz CT molecular complexity index is 519. The van der Waals surface area contributed by atoms with Gasteiger partial charge in [-0.05, 0) is 6.42 Å². The van der Waals surface area contributed by atoms with Gasteiger partial charge < -0.3 is 10.0 Å². The molecular formula is C14H20N2O3S. The second kappa shape index (κ2) is 5.52. The van der Waals surface area contributed by atoms with Crippen LogP contribution in [0.4, 0.5) is 0 Å². The second-order valence-corrected chi connectivity index (χ2v) is 7.09. The van der Waals surface area contributed by atoms with Crippen molar-refractivity contribution in [3.05, 3.63) is 16.1 Å². The molecule has 110 valence electrons. The number of nitrogens with zero attached hydrogens (tertiary/aromatic N) is 2. The number of carbonyl (C=O) groups excluding carboxylic acids is 1. The van der Waals surface area contributed by atoms with E-state index in [1.54, 1.807) is 16.2 Å². The van der Waals surface area contributed by atoms with Crippen molar-refractivity contribution in [3.63, 3.8) is 0 Å². The fourth-order valence-electron chi connectivity index (χ4n) is 2.19. The molecule has 1 aromatic heterocycles. The van der Waals surface area contributed by atoms with E-state index in [-0.39, 0.29) is 17.7 Å². The van der Waals surface area contributed by atoms with Crippen LogP contribution in [0.25, 0.3) is 0 Å². The van der Waals surface area contributed by atoms with E-state index in [4.69, 9.17) is 5.11 Å². The summed E-state index contributed by atoms with van der Waals surface area (Å²) in [5, 5.41) is 11.9. The zero-order valence-corrected chi connectivity index (χ0v) is 12.9. The Morgan fingerprint density at radius 2 is 2.20 bits per heavy atom. The van der Waals surface area contributed by atoms with Gasteiger partial charge in [-0.15, -0.1) is 11.3 Å². The summed E-state index contributed by atoms with van der Waals surface area (Å²) >= 11 is 1.57. The number of rotatable bonds is 3. The molecule has 0 unspecified atom stereocenters. The number of amides is 1. The van der Waals surface area contributed by atoms with Crippen LogP contribution in [0.15, 0.2) is 5.38 Å². The lowest BCUT2D eigenvalue weighted by molar-refractivity contribution is -0.141. The van der Waals surface area contributed by atoms with Crippen LogP contribution in [0.5, 0.6) is 0 Å². The highest BCUT2D eigenvalue weighted by molar-refractivity contribution is 7.09. The van der Waals surface area contributed by atoms with Crippen LogP contribution < -0.4 is 0 Å². The van der Waals surface area contributed by atoms with Crippen molar-refractivity contribution >= 4 is 23.2 Å². The highest BCUT2D eigenvalue weighted by Gasteiger charge is 2.31. The number of thiazole rings is 1. The lowest BCUT2D eigenvalue weighted by Crippen LogP contribution is -2.31. The van der Waals surface area contributed by atoms with E-state index in [1.807, 2.05) is 5.38 Å². The summed E-state index contributed by atoms with van der Waals surface area (Å²) in [6.07, 6.45) is 0.810. The zero-order chi connectivity index (χ0) is 14.9. The smallest absolute Gasteiger partial charge is 0.308 e. The summed E-state index contributed by atoms with van der Waals surface area (Å²) < 4.78 is 0. The van der Waals surface area contributed by atoms with Gasteiger partial charge in [0.1, 0.15) is 0 Å². The van der Waals surface area contributed by atoms with Crippen molar-refractivity contribution in [1.82, 2.24) is 9.88 Å². The maximum absolute atomic E-state index is 12.1. The SMILES string of the molecule is CC(C)(C)c1nc(CC(=O)N2CC[C@@H](C(=O)O)C2)cs1. The third kappa shape index (κ3) is 3.36. The van der Waals surface area contributed by atoms with E-state index in [0.717, 1.165) is 10.7 Å². The first-order chi connectivity index (χ1) is 9.27. The van der Waals surface area contributed by atoms with E-state index in [1.165, 1.54) is 0 Å². The molecule has 1 aliphatic heterocycles. The quantitative estimate of drug-likeness (QED) is 0.925. The molecule has 1 saturated heterocycles. The minimum atomic E-state index is -0.816. The van der Waals surface area contributed by atoms with Gasteiger partial charge in [-0.2, -0.15) is 0 Å². The van der Waals surface area contributed by atoms with Crippen LogP contribution in [0.2, 0.25) is 0 Å². The number of hydrogen-bond donors (Lipinski definition) is 1. The Morgan fingerprint density at radius 1 is 1.50 bits per heavy atom. The molecule has 20 heavy (non-hydrogen) atoms. The average molecular weight is 296 g/mol. The summed E-state index contributed by atoms with van der Waals surface area (Å²) in [6.45, 7) is 7.14. The Balaban J connectivity index is 1.95. The molecule has 1 atom stereocenters. The molecule has 0 radical (unpaired) electrons. The van der Waals surface area contributed by atoms with Gasteiger partial charge >= 0.3 is 5.97 Å². The summed E-state index contributed by atoms with van der Waals surface area (Å²) in [6, 6.07) is 0. The molecule has 2 heterocycles. The van der Waals surface area contributed by atoms with Crippen molar-refractivity contribution in [2.24, 2.45) is 5.92 Å². The molecular weight excluding hydrogens is 276 g/mol. The van der Waals surface area contributed by atoms with Gasteiger partial charge in [0, 0.05) is 23.9 Å². The van der Waals surface area contributed by atoms with Crippen LogP contribution in [-0.4, -0.2) is 40.0 Å². The van der Waals surface area contributed by atoms with Gasteiger partial charge in [0.25, 0.3) is 0 Å². The fraction of sp³-hybridized carbons (Fsp3) is 0.643. The summed E-state index contributed by atoms with van der Waals surface area (Å²) in [5.74, 6) is -1.26. The molecule has 5 nitrogen and oxygen atoms in total. The van der Waals surface area contributed by atoms with Crippen LogP contribution in [0, 0.1) is 5.92 Å². The standard InChI is InChI=1S/C14H20N2O3S/c1-14(2,3)13-15-10(8-20-13)6-11(17)16-5-4-9(7-16)12(18)19/h8-9H,4-7H2,1-3H3,(H,18,19)/t9-/m1/s1. The highest BCUT2D eigenvalue weighted by atomic mass is 32.1. The average Bonchev–Trinajstić information content (AvgIpc) is 2.95. The topological polar surface area (TPSA) is 70.5 Å². The lowest BCUT2D eigenvalue weighted by atomic mass is 9.98. The Labute approximate surface area is 122 Å². The number of carbonyl (C=O) groups is 2. The molecule has 0 spiro atoms. The van der Waals surface area contributed by atoms with E-state index < -0.39 is 11.9 Å². The molecule has 0 aromatic carbocycles. The van der Waals surface area contributed by atoms with E-state index in [2.05, 4.69) is 25.8 Å². The monoisotopic (exact) mass is 296 g/mol. The first kappa shape index (κ1) is 15.0.